The van der Waals surface area contributed by atoms with Gasteiger partial charge in [0.05, 0.1) is 22.9 Å². The lowest BCUT2D eigenvalue weighted by Crippen LogP contribution is -2.40. The fraction of sp³-hybridized carbons (Fsp3) is 0.286. The number of rotatable bonds is 5. The lowest BCUT2D eigenvalue weighted by molar-refractivity contribution is -0.116. The zero-order valence-corrected chi connectivity index (χ0v) is 18.1. The first kappa shape index (κ1) is 21.7. The van der Waals surface area contributed by atoms with Crippen LogP contribution in [0.4, 0.5) is 5.69 Å². The van der Waals surface area contributed by atoms with E-state index < -0.39 is 21.5 Å². The van der Waals surface area contributed by atoms with Crippen LogP contribution in [0.15, 0.2) is 58.5 Å². The van der Waals surface area contributed by atoms with Gasteiger partial charge in [0.15, 0.2) is 0 Å². The molecule has 0 aliphatic heterocycles. The van der Waals surface area contributed by atoms with Crippen LogP contribution in [-0.2, 0) is 21.4 Å². The number of aromatic nitrogens is 2. The van der Waals surface area contributed by atoms with Gasteiger partial charge in [0.1, 0.15) is 11.4 Å². The van der Waals surface area contributed by atoms with Gasteiger partial charge in [0.25, 0.3) is 5.56 Å². The number of fused-ring (bicyclic) bond motifs is 1. The number of hydrogen-bond acceptors (Lipinski definition) is 5. The van der Waals surface area contributed by atoms with E-state index in [0.29, 0.717) is 10.9 Å². The van der Waals surface area contributed by atoms with E-state index in [9.17, 15) is 18.0 Å². The SMILES string of the molecule is Cc1cccc2c(=O)n(CC(=O)Nc3ccccc3S(=O)(=O)NC(C)(C)C)cnc12. The minimum Gasteiger partial charge on any atom is -0.323 e. The van der Waals surface area contributed by atoms with Gasteiger partial charge in [-0.25, -0.2) is 18.1 Å². The number of aryl methyl sites for hydroxylation is 1. The molecule has 0 fully saturated rings. The minimum atomic E-state index is -3.85. The van der Waals surface area contributed by atoms with Crippen molar-refractivity contribution < 1.29 is 13.2 Å². The van der Waals surface area contributed by atoms with Crippen LogP contribution in [0.25, 0.3) is 10.9 Å². The highest BCUT2D eigenvalue weighted by Crippen LogP contribution is 2.22. The van der Waals surface area contributed by atoms with Crippen molar-refractivity contribution in [1.82, 2.24) is 14.3 Å². The standard InChI is InChI=1S/C21H24N4O4S/c1-14-8-7-9-15-19(14)22-13-25(20(15)27)12-18(26)23-16-10-5-6-11-17(16)30(28,29)24-21(2,3)4/h5-11,13,24H,12H2,1-4H3,(H,23,26). The zero-order valence-electron chi connectivity index (χ0n) is 17.3. The van der Waals surface area contributed by atoms with Crippen LogP contribution in [-0.4, -0.2) is 29.4 Å². The predicted molar refractivity (Wildman–Crippen MR) is 116 cm³/mol. The molecule has 1 amide bonds. The Balaban J connectivity index is 1.87. The number of carbonyl (C=O) groups is 1. The highest BCUT2D eigenvalue weighted by molar-refractivity contribution is 7.89. The lowest BCUT2D eigenvalue weighted by atomic mass is 10.1. The maximum atomic E-state index is 12.7. The Bertz CT molecular complexity index is 1270. The molecular formula is C21H24N4O4S. The van der Waals surface area contributed by atoms with E-state index in [1.807, 2.05) is 13.0 Å². The van der Waals surface area contributed by atoms with E-state index >= 15 is 0 Å². The molecule has 2 aromatic carbocycles. The molecule has 158 valence electrons. The van der Waals surface area contributed by atoms with Gasteiger partial charge in [-0.3, -0.25) is 14.2 Å². The number of nitrogens with one attached hydrogen (secondary N) is 2. The van der Waals surface area contributed by atoms with Gasteiger partial charge in [-0.15, -0.1) is 0 Å². The van der Waals surface area contributed by atoms with Crippen molar-refractivity contribution in [3.8, 4) is 0 Å². The quantitative estimate of drug-likeness (QED) is 0.648. The van der Waals surface area contributed by atoms with Gasteiger partial charge >= 0.3 is 0 Å². The normalized spacial score (nSPS) is 12.1. The Labute approximate surface area is 175 Å². The van der Waals surface area contributed by atoms with Gasteiger partial charge < -0.3 is 5.32 Å². The first-order valence-corrected chi connectivity index (χ1v) is 10.8. The van der Waals surface area contributed by atoms with Gasteiger partial charge in [-0.05, 0) is 51.5 Å². The number of benzene rings is 2. The van der Waals surface area contributed by atoms with Crippen molar-refractivity contribution >= 4 is 32.5 Å². The number of nitrogens with zero attached hydrogens (tertiary/aromatic N) is 2. The minimum absolute atomic E-state index is 0.0483. The van der Waals surface area contributed by atoms with Gasteiger partial charge in [0, 0.05) is 5.54 Å². The second kappa shape index (κ2) is 8.00. The van der Waals surface area contributed by atoms with E-state index in [4.69, 9.17) is 0 Å². The summed E-state index contributed by atoms with van der Waals surface area (Å²) in [5.41, 5.74) is 0.569. The number of sulfonamides is 1. The first-order chi connectivity index (χ1) is 14.0. The maximum absolute atomic E-state index is 12.7. The van der Waals surface area contributed by atoms with E-state index in [2.05, 4.69) is 15.0 Å². The van der Waals surface area contributed by atoms with Crippen LogP contribution < -0.4 is 15.6 Å². The fourth-order valence-corrected chi connectivity index (χ4v) is 4.64. The maximum Gasteiger partial charge on any atom is 0.261 e. The molecular weight excluding hydrogens is 404 g/mol. The average Bonchev–Trinajstić information content (AvgIpc) is 2.63. The van der Waals surface area contributed by atoms with Crippen molar-refractivity contribution in [2.24, 2.45) is 0 Å². The summed E-state index contributed by atoms with van der Waals surface area (Å²) in [5.74, 6) is -0.538. The number of amides is 1. The molecule has 0 bridgehead atoms. The number of para-hydroxylation sites is 2. The number of anilines is 1. The Kier molecular flexibility index (Phi) is 5.78. The van der Waals surface area contributed by atoms with Crippen LogP contribution >= 0.6 is 0 Å². The summed E-state index contributed by atoms with van der Waals surface area (Å²) in [6, 6.07) is 11.4. The van der Waals surface area contributed by atoms with E-state index in [0.717, 1.165) is 5.56 Å². The zero-order chi connectivity index (χ0) is 22.1. The Morgan fingerprint density at radius 2 is 1.80 bits per heavy atom. The lowest BCUT2D eigenvalue weighted by Gasteiger charge is -2.21. The summed E-state index contributed by atoms with van der Waals surface area (Å²) in [5, 5.41) is 3.01. The smallest absolute Gasteiger partial charge is 0.261 e. The Morgan fingerprint density at radius 3 is 2.50 bits per heavy atom. The molecule has 9 heteroatoms. The van der Waals surface area contributed by atoms with Crippen LogP contribution in [0.3, 0.4) is 0 Å². The van der Waals surface area contributed by atoms with Crippen LogP contribution in [0.1, 0.15) is 26.3 Å². The van der Waals surface area contributed by atoms with Crippen molar-refractivity contribution in [1.29, 1.82) is 0 Å². The molecule has 0 radical (unpaired) electrons. The molecule has 3 rings (SSSR count). The van der Waals surface area contributed by atoms with E-state index in [1.54, 1.807) is 45.0 Å². The molecule has 0 aliphatic rings. The Hall–Kier alpha value is -3.04. The van der Waals surface area contributed by atoms with E-state index in [-0.39, 0.29) is 22.7 Å². The van der Waals surface area contributed by atoms with Crippen molar-refractivity contribution in [3.63, 3.8) is 0 Å². The summed E-state index contributed by atoms with van der Waals surface area (Å²) in [7, 11) is -3.85. The van der Waals surface area contributed by atoms with Gasteiger partial charge in [0.2, 0.25) is 15.9 Å². The predicted octanol–water partition coefficient (Wildman–Crippen LogP) is 2.42. The van der Waals surface area contributed by atoms with Crippen molar-refractivity contribution in [3.05, 3.63) is 64.7 Å². The molecule has 2 N–H and O–H groups in total. The van der Waals surface area contributed by atoms with E-state index in [1.165, 1.54) is 23.0 Å². The highest BCUT2D eigenvalue weighted by atomic mass is 32.2. The third-order valence-corrected chi connectivity index (χ3v) is 6.08. The summed E-state index contributed by atoms with van der Waals surface area (Å²) in [4.78, 5) is 29.5. The van der Waals surface area contributed by atoms with Crippen LogP contribution in [0.2, 0.25) is 0 Å². The van der Waals surface area contributed by atoms with Crippen molar-refractivity contribution in [2.45, 2.75) is 44.7 Å². The summed E-state index contributed by atoms with van der Waals surface area (Å²) in [6.07, 6.45) is 1.32. The number of hydrogen-bond donors (Lipinski definition) is 2. The van der Waals surface area contributed by atoms with Gasteiger partial charge in [-0.2, -0.15) is 0 Å². The van der Waals surface area contributed by atoms with Gasteiger partial charge in [-0.1, -0.05) is 24.3 Å². The molecule has 30 heavy (non-hydrogen) atoms. The molecule has 8 nitrogen and oxygen atoms in total. The summed E-state index contributed by atoms with van der Waals surface area (Å²) in [6.45, 7) is 6.75. The molecule has 0 saturated carbocycles. The van der Waals surface area contributed by atoms with Crippen LogP contribution in [0.5, 0.6) is 0 Å². The molecule has 0 spiro atoms. The molecule has 1 aromatic heterocycles. The number of carbonyl (C=O) groups excluding carboxylic acids is 1. The first-order valence-electron chi connectivity index (χ1n) is 9.35. The topological polar surface area (TPSA) is 110 Å². The molecule has 3 aromatic rings. The molecule has 0 unspecified atom stereocenters. The highest BCUT2D eigenvalue weighted by Gasteiger charge is 2.25. The second-order valence-electron chi connectivity index (χ2n) is 8.05. The molecule has 0 aliphatic carbocycles. The van der Waals surface area contributed by atoms with Crippen LogP contribution in [0, 0.1) is 6.92 Å². The Morgan fingerprint density at radius 1 is 1.10 bits per heavy atom. The third-order valence-electron chi connectivity index (χ3n) is 4.26. The fourth-order valence-electron chi connectivity index (χ4n) is 3.06. The second-order valence-corrected chi connectivity index (χ2v) is 9.70. The average molecular weight is 429 g/mol. The molecule has 1 heterocycles. The molecule has 0 saturated heterocycles. The monoisotopic (exact) mass is 428 g/mol. The third kappa shape index (κ3) is 4.74. The summed E-state index contributed by atoms with van der Waals surface area (Å²) >= 11 is 0. The van der Waals surface area contributed by atoms with Crippen molar-refractivity contribution in [2.75, 3.05) is 5.32 Å². The largest absolute Gasteiger partial charge is 0.323 e. The molecule has 0 atom stereocenters. The summed E-state index contributed by atoms with van der Waals surface area (Å²) < 4.78 is 29.2.